The highest BCUT2D eigenvalue weighted by atomic mass is 16.6. The van der Waals surface area contributed by atoms with Crippen LogP contribution in [0, 0.1) is 34.5 Å². The van der Waals surface area contributed by atoms with Crippen molar-refractivity contribution in [2.24, 2.45) is 34.5 Å². The van der Waals surface area contributed by atoms with Crippen LogP contribution in [0.4, 0.5) is 10.5 Å². The zero-order valence-corrected chi connectivity index (χ0v) is 22.9. The van der Waals surface area contributed by atoms with Crippen molar-refractivity contribution < 1.29 is 34.1 Å². The van der Waals surface area contributed by atoms with Crippen LogP contribution in [0.15, 0.2) is 48.1 Å². The molecule has 5 unspecified atom stereocenters. The number of benzene rings is 1. The minimum Gasteiger partial charge on any atom is -0.441 e. The van der Waals surface area contributed by atoms with Gasteiger partial charge in [0.15, 0.2) is 18.2 Å². The number of fused-ring (bicyclic) bond motifs is 5. The van der Waals surface area contributed by atoms with Crippen LogP contribution in [0.1, 0.15) is 63.7 Å². The molecule has 0 bridgehead atoms. The lowest BCUT2D eigenvalue weighted by Gasteiger charge is -2.59. The fraction of sp³-hybridized carbons (Fsp3) is 0.548. The van der Waals surface area contributed by atoms with Gasteiger partial charge >= 0.3 is 6.09 Å². The Balaban J connectivity index is 1.32. The molecule has 1 aromatic carbocycles. The first-order valence-electron chi connectivity index (χ1n) is 13.7. The lowest BCUT2D eigenvalue weighted by atomic mass is 9.46. The Kier molecular flexibility index (Phi) is 6.71. The van der Waals surface area contributed by atoms with Gasteiger partial charge in [-0.15, -0.1) is 0 Å². The van der Waals surface area contributed by atoms with Crippen molar-refractivity contribution >= 4 is 29.1 Å². The second-order valence-corrected chi connectivity index (χ2v) is 12.4. The third-order valence-corrected chi connectivity index (χ3v) is 10.4. The first-order valence-corrected chi connectivity index (χ1v) is 13.7. The fourth-order valence-electron chi connectivity index (χ4n) is 8.44. The Hall–Kier alpha value is -3.10. The summed E-state index contributed by atoms with van der Waals surface area (Å²) in [4.78, 5) is 49.5. The maximum absolute atomic E-state index is 13.6. The van der Waals surface area contributed by atoms with Crippen LogP contribution in [0.25, 0.3) is 0 Å². The SMILES string of the molecule is CC(=O)c1ccc(NC(=O)OCC(=O)[C@@]2(O)[C@H](C)CC3C4CCC5=CC(=O)C=CC5(C)C4[C@@H](O)CC32C)cc1. The monoisotopic (exact) mass is 535 g/mol. The summed E-state index contributed by atoms with van der Waals surface area (Å²) in [5.74, 6) is -1.12. The molecule has 0 spiro atoms. The number of anilines is 1. The summed E-state index contributed by atoms with van der Waals surface area (Å²) in [7, 11) is 0. The van der Waals surface area contributed by atoms with Crippen LogP contribution in [0.5, 0.6) is 0 Å². The predicted molar refractivity (Wildman–Crippen MR) is 144 cm³/mol. The molecule has 3 N–H and O–H groups in total. The van der Waals surface area contributed by atoms with Gasteiger partial charge in [0.05, 0.1) is 6.10 Å². The van der Waals surface area contributed by atoms with Crippen molar-refractivity contribution in [3.05, 3.63) is 53.6 Å². The van der Waals surface area contributed by atoms with Gasteiger partial charge in [0.25, 0.3) is 0 Å². The minimum absolute atomic E-state index is 0.00660. The molecule has 39 heavy (non-hydrogen) atoms. The number of Topliss-reactive ketones (excluding diaryl/α,β-unsaturated/α-hetero) is 2. The molecule has 3 saturated carbocycles. The molecule has 3 fully saturated rings. The molecule has 4 aliphatic rings. The lowest BCUT2D eigenvalue weighted by Crippen LogP contribution is -2.62. The summed E-state index contributed by atoms with van der Waals surface area (Å²) in [6.07, 6.45) is 6.00. The Morgan fingerprint density at radius 3 is 2.51 bits per heavy atom. The molecule has 8 nitrogen and oxygen atoms in total. The molecular formula is C31H37NO7. The van der Waals surface area contributed by atoms with Crippen molar-refractivity contribution in [1.82, 2.24) is 0 Å². The molecular weight excluding hydrogens is 498 g/mol. The van der Waals surface area contributed by atoms with Gasteiger partial charge in [0.2, 0.25) is 5.78 Å². The molecule has 4 aliphatic carbocycles. The third-order valence-electron chi connectivity index (χ3n) is 10.4. The average molecular weight is 536 g/mol. The van der Waals surface area contributed by atoms with Gasteiger partial charge in [-0.3, -0.25) is 19.7 Å². The molecule has 8 atom stereocenters. The van der Waals surface area contributed by atoms with Crippen molar-refractivity contribution in [2.45, 2.75) is 65.1 Å². The minimum atomic E-state index is -1.76. The van der Waals surface area contributed by atoms with Gasteiger partial charge in [0, 0.05) is 28.0 Å². The number of amides is 1. The highest BCUT2D eigenvalue weighted by molar-refractivity contribution is 6.01. The van der Waals surface area contributed by atoms with Crippen molar-refractivity contribution in [3.8, 4) is 0 Å². The largest absolute Gasteiger partial charge is 0.441 e. The topological polar surface area (TPSA) is 130 Å². The number of ether oxygens (including phenoxy) is 1. The van der Waals surface area contributed by atoms with E-state index in [1.807, 2.05) is 19.9 Å². The third kappa shape index (κ3) is 4.19. The number of carbonyl (C=O) groups excluding carboxylic acids is 4. The van der Waals surface area contributed by atoms with Gasteiger partial charge in [-0.1, -0.05) is 32.4 Å². The fourth-order valence-corrected chi connectivity index (χ4v) is 8.44. The second kappa shape index (κ2) is 9.52. The van der Waals surface area contributed by atoms with E-state index >= 15 is 0 Å². The summed E-state index contributed by atoms with van der Waals surface area (Å²) in [6, 6.07) is 6.31. The lowest BCUT2D eigenvalue weighted by molar-refractivity contribution is -0.183. The van der Waals surface area contributed by atoms with E-state index in [-0.39, 0.29) is 41.7 Å². The van der Waals surface area contributed by atoms with Crippen LogP contribution in [0.2, 0.25) is 0 Å². The molecule has 0 saturated heterocycles. The number of carbonyl (C=O) groups is 4. The van der Waals surface area contributed by atoms with E-state index in [1.54, 1.807) is 36.4 Å². The molecule has 0 aliphatic heterocycles. The molecule has 1 amide bonds. The van der Waals surface area contributed by atoms with Gasteiger partial charge in [-0.05, 0) is 86.8 Å². The maximum atomic E-state index is 13.6. The van der Waals surface area contributed by atoms with E-state index in [9.17, 15) is 29.4 Å². The molecule has 8 heteroatoms. The highest BCUT2D eigenvalue weighted by Gasteiger charge is 2.70. The van der Waals surface area contributed by atoms with Crippen LogP contribution in [0.3, 0.4) is 0 Å². The number of hydrogen-bond acceptors (Lipinski definition) is 7. The summed E-state index contributed by atoms with van der Waals surface area (Å²) < 4.78 is 5.23. The second-order valence-electron chi connectivity index (χ2n) is 12.4. The number of aliphatic hydroxyl groups is 2. The zero-order valence-electron chi connectivity index (χ0n) is 22.9. The van der Waals surface area contributed by atoms with Gasteiger partial charge in [-0.25, -0.2) is 4.79 Å². The molecule has 1 aromatic rings. The Bertz CT molecular complexity index is 1280. The molecule has 0 radical (unpaired) electrons. The zero-order chi connectivity index (χ0) is 28.3. The van der Waals surface area contributed by atoms with E-state index in [4.69, 9.17) is 4.74 Å². The van der Waals surface area contributed by atoms with E-state index < -0.39 is 41.0 Å². The highest BCUT2D eigenvalue weighted by Crippen LogP contribution is 2.68. The predicted octanol–water partition coefficient (Wildman–Crippen LogP) is 4.26. The number of allylic oxidation sites excluding steroid dienone is 4. The Morgan fingerprint density at radius 2 is 1.85 bits per heavy atom. The number of ketones is 3. The van der Waals surface area contributed by atoms with E-state index in [2.05, 4.69) is 12.2 Å². The maximum Gasteiger partial charge on any atom is 0.412 e. The number of hydrogen-bond donors (Lipinski definition) is 3. The summed E-state index contributed by atoms with van der Waals surface area (Å²) in [6.45, 7) is 6.68. The summed E-state index contributed by atoms with van der Waals surface area (Å²) in [5, 5.41) is 26.1. The van der Waals surface area contributed by atoms with Crippen molar-refractivity contribution in [2.75, 3.05) is 11.9 Å². The number of nitrogens with one attached hydrogen (secondary N) is 1. The first-order chi connectivity index (χ1) is 18.3. The van der Waals surface area contributed by atoms with Crippen molar-refractivity contribution in [3.63, 3.8) is 0 Å². The Labute approximate surface area is 228 Å². The van der Waals surface area contributed by atoms with Gasteiger partial charge in [-0.2, -0.15) is 0 Å². The van der Waals surface area contributed by atoms with Crippen molar-refractivity contribution in [1.29, 1.82) is 0 Å². The van der Waals surface area contributed by atoms with Crippen LogP contribution in [-0.4, -0.2) is 52.0 Å². The summed E-state index contributed by atoms with van der Waals surface area (Å²) in [5.41, 5.74) is -1.12. The smallest absolute Gasteiger partial charge is 0.412 e. The van der Waals surface area contributed by atoms with E-state index in [1.165, 1.54) is 6.92 Å². The molecule has 0 heterocycles. The van der Waals surface area contributed by atoms with Crippen LogP contribution < -0.4 is 5.32 Å². The standard InChI is InChI=1S/C31H37NO7/c1-17-13-24-23-10-7-20-14-22(34)11-12-29(20,3)27(23)25(35)15-30(24,4)31(17,38)26(36)16-39-28(37)32-21-8-5-19(6-9-21)18(2)33/h5-6,8-9,11-12,14,17,23-25,27,35,38H,7,10,13,15-16H2,1-4H3,(H,32,37)/t17-,23?,24?,25+,27?,29?,30?,31+/m1/s1. The quantitative estimate of drug-likeness (QED) is 0.480. The molecule has 0 aromatic heterocycles. The first kappa shape index (κ1) is 27.5. The van der Waals surface area contributed by atoms with Gasteiger partial charge < -0.3 is 14.9 Å². The van der Waals surface area contributed by atoms with Gasteiger partial charge in [0.1, 0.15) is 5.60 Å². The number of aliphatic hydroxyl groups excluding tert-OH is 1. The molecule has 208 valence electrons. The molecule has 5 rings (SSSR count). The van der Waals surface area contributed by atoms with E-state index in [0.717, 1.165) is 18.4 Å². The average Bonchev–Trinajstić information content (AvgIpc) is 3.09. The normalized spacial score (nSPS) is 38.7. The van der Waals surface area contributed by atoms with Crippen LogP contribution >= 0.6 is 0 Å². The van der Waals surface area contributed by atoms with Crippen LogP contribution in [-0.2, 0) is 14.3 Å². The Morgan fingerprint density at radius 1 is 1.15 bits per heavy atom. The van der Waals surface area contributed by atoms with E-state index in [0.29, 0.717) is 17.7 Å². The summed E-state index contributed by atoms with van der Waals surface area (Å²) >= 11 is 0. The number of rotatable bonds is 5.